The number of rotatable bonds is 5. The van der Waals surface area contributed by atoms with Crippen molar-refractivity contribution in [2.24, 2.45) is 11.3 Å². The summed E-state index contributed by atoms with van der Waals surface area (Å²) in [4.78, 5) is 0. The SMILES string of the molecule is CCC(CSC)NC1CCCCC1C(C)(C)C. The van der Waals surface area contributed by atoms with Crippen LogP contribution >= 0.6 is 11.8 Å². The fourth-order valence-electron chi connectivity index (χ4n) is 3.15. The van der Waals surface area contributed by atoms with Gasteiger partial charge >= 0.3 is 0 Å². The summed E-state index contributed by atoms with van der Waals surface area (Å²) in [6.45, 7) is 9.54. The van der Waals surface area contributed by atoms with Gasteiger partial charge in [-0.3, -0.25) is 0 Å². The molecule has 0 aliphatic heterocycles. The molecule has 0 saturated heterocycles. The molecule has 0 aromatic rings. The van der Waals surface area contributed by atoms with E-state index in [1.807, 2.05) is 11.8 Å². The molecule has 17 heavy (non-hydrogen) atoms. The maximum atomic E-state index is 3.94. The van der Waals surface area contributed by atoms with E-state index in [1.165, 1.54) is 37.9 Å². The maximum Gasteiger partial charge on any atom is 0.0158 e. The highest BCUT2D eigenvalue weighted by atomic mass is 32.2. The highest BCUT2D eigenvalue weighted by molar-refractivity contribution is 7.98. The van der Waals surface area contributed by atoms with Crippen LogP contribution in [0.2, 0.25) is 0 Å². The van der Waals surface area contributed by atoms with Crippen LogP contribution in [0.1, 0.15) is 59.8 Å². The molecule has 1 fully saturated rings. The monoisotopic (exact) mass is 257 g/mol. The van der Waals surface area contributed by atoms with Crippen LogP contribution < -0.4 is 5.32 Å². The maximum absolute atomic E-state index is 3.94. The fourth-order valence-corrected chi connectivity index (χ4v) is 3.89. The lowest BCUT2D eigenvalue weighted by molar-refractivity contribution is 0.124. The van der Waals surface area contributed by atoms with Crippen LogP contribution in [0.4, 0.5) is 0 Å². The molecule has 1 aliphatic carbocycles. The van der Waals surface area contributed by atoms with Crippen molar-refractivity contribution in [1.82, 2.24) is 5.32 Å². The molecule has 0 bridgehead atoms. The van der Waals surface area contributed by atoms with Crippen LogP contribution in [0, 0.1) is 11.3 Å². The lowest BCUT2D eigenvalue weighted by Crippen LogP contribution is -2.48. The smallest absolute Gasteiger partial charge is 0.0158 e. The minimum absolute atomic E-state index is 0.454. The van der Waals surface area contributed by atoms with Crippen LogP contribution in [0.3, 0.4) is 0 Å². The van der Waals surface area contributed by atoms with Gasteiger partial charge in [0.15, 0.2) is 0 Å². The Morgan fingerprint density at radius 3 is 2.41 bits per heavy atom. The first-order valence-corrected chi connectivity index (χ1v) is 8.63. The van der Waals surface area contributed by atoms with Gasteiger partial charge in [-0.15, -0.1) is 0 Å². The molecule has 1 nitrogen and oxygen atoms in total. The summed E-state index contributed by atoms with van der Waals surface area (Å²) < 4.78 is 0. The summed E-state index contributed by atoms with van der Waals surface area (Å²) in [6, 6.07) is 1.46. The highest BCUT2D eigenvalue weighted by Crippen LogP contribution is 2.38. The van der Waals surface area contributed by atoms with Crippen molar-refractivity contribution in [3.8, 4) is 0 Å². The van der Waals surface area contributed by atoms with Crippen LogP contribution in [-0.2, 0) is 0 Å². The summed E-state index contributed by atoms with van der Waals surface area (Å²) in [5.74, 6) is 2.11. The molecule has 102 valence electrons. The van der Waals surface area contributed by atoms with Gasteiger partial charge < -0.3 is 5.32 Å². The van der Waals surface area contributed by atoms with Crippen LogP contribution in [0.15, 0.2) is 0 Å². The summed E-state index contributed by atoms with van der Waals surface area (Å²) in [5.41, 5.74) is 0.454. The summed E-state index contributed by atoms with van der Waals surface area (Å²) in [7, 11) is 0. The Labute approximate surface area is 113 Å². The molecule has 1 N–H and O–H groups in total. The first-order chi connectivity index (χ1) is 7.99. The quantitative estimate of drug-likeness (QED) is 0.787. The van der Waals surface area contributed by atoms with E-state index in [-0.39, 0.29) is 0 Å². The average molecular weight is 257 g/mol. The first kappa shape index (κ1) is 15.4. The molecule has 1 saturated carbocycles. The van der Waals surface area contributed by atoms with Gasteiger partial charge in [-0.2, -0.15) is 11.8 Å². The molecule has 0 amide bonds. The Morgan fingerprint density at radius 2 is 1.88 bits per heavy atom. The van der Waals surface area contributed by atoms with Gasteiger partial charge in [0.1, 0.15) is 0 Å². The van der Waals surface area contributed by atoms with Crippen molar-refractivity contribution in [2.75, 3.05) is 12.0 Å². The standard InChI is InChI=1S/C15H31NS/c1-6-12(11-17-5)16-14-10-8-7-9-13(14)15(2,3)4/h12-14,16H,6-11H2,1-5H3. The zero-order valence-corrected chi connectivity index (χ0v) is 13.2. The predicted octanol–water partition coefficient (Wildman–Crippen LogP) is 4.32. The third-order valence-corrected chi connectivity index (χ3v) is 4.92. The lowest BCUT2D eigenvalue weighted by Gasteiger charge is -2.42. The minimum atomic E-state index is 0.454. The normalized spacial score (nSPS) is 28.1. The molecule has 1 aliphatic rings. The van der Waals surface area contributed by atoms with Crippen molar-refractivity contribution >= 4 is 11.8 Å². The molecule has 3 atom stereocenters. The molecule has 1 rings (SSSR count). The molecular weight excluding hydrogens is 226 g/mol. The Bertz CT molecular complexity index is 209. The lowest BCUT2D eigenvalue weighted by atomic mass is 9.69. The molecule has 0 radical (unpaired) electrons. The van der Waals surface area contributed by atoms with Gasteiger partial charge in [-0.05, 0) is 36.9 Å². The number of nitrogens with one attached hydrogen (secondary N) is 1. The van der Waals surface area contributed by atoms with Crippen molar-refractivity contribution in [1.29, 1.82) is 0 Å². The van der Waals surface area contributed by atoms with Crippen LogP contribution in [-0.4, -0.2) is 24.1 Å². The van der Waals surface area contributed by atoms with E-state index in [1.54, 1.807) is 0 Å². The molecular formula is C15H31NS. The van der Waals surface area contributed by atoms with Gasteiger partial charge in [0.2, 0.25) is 0 Å². The van der Waals surface area contributed by atoms with Crippen molar-refractivity contribution in [3.63, 3.8) is 0 Å². The third kappa shape index (κ3) is 4.82. The van der Waals surface area contributed by atoms with Crippen LogP contribution in [0.5, 0.6) is 0 Å². The Kier molecular flexibility index (Phi) is 6.36. The second-order valence-corrected chi connectivity index (χ2v) is 7.50. The molecule has 0 spiro atoms. The van der Waals surface area contributed by atoms with E-state index < -0.39 is 0 Å². The van der Waals surface area contributed by atoms with Crippen molar-refractivity contribution < 1.29 is 0 Å². The van der Waals surface area contributed by atoms with Gasteiger partial charge in [0.25, 0.3) is 0 Å². The summed E-state index contributed by atoms with van der Waals surface area (Å²) in [6.07, 6.45) is 9.11. The fraction of sp³-hybridized carbons (Fsp3) is 1.00. The Morgan fingerprint density at radius 1 is 1.24 bits per heavy atom. The number of hydrogen-bond donors (Lipinski definition) is 1. The zero-order chi connectivity index (χ0) is 12.9. The first-order valence-electron chi connectivity index (χ1n) is 7.24. The van der Waals surface area contributed by atoms with E-state index in [0.717, 1.165) is 12.0 Å². The number of hydrogen-bond acceptors (Lipinski definition) is 2. The van der Waals surface area contributed by atoms with Gasteiger partial charge in [-0.25, -0.2) is 0 Å². The van der Waals surface area contributed by atoms with Gasteiger partial charge in [0.05, 0.1) is 0 Å². The van der Waals surface area contributed by atoms with E-state index in [2.05, 4.69) is 39.3 Å². The predicted molar refractivity (Wildman–Crippen MR) is 80.8 cm³/mol. The van der Waals surface area contributed by atoms with Crippen LogP contribution in [0.25, 0.3) is 0 Å². The molecule has 2 heteroatoms. The molecule has 0 aromatic carbocycles. The Balaban J connectivity index is 2.58. The van der Waals surface area contributed by atoms with Crippen molar-refractivity contribution in [3.05, 3.63) is 0 Å². The average Bonchev–Trinajstić information content (AvgIpc) is 2.27. The van der Waals surface area contributed by atoms with Gasteiger partial charge in [-0.1, -0.05) is 40.5 Å². The second-order valence-electron chi connectivity index (χ2n) is 6.59. The largest absolute Gasteiger partial charge is 0.310 e. The molecule has 3 unspecified atom stereocenters. The van der Waals surface area contributed by atoms with E-state index in [0.29, 0.717) is 11.5 Å². The van der Waals surface area contributed by atoms with Gasteiger partial charge in [0, 0.05) is 17.8 Å². The molecule has 0 aromatic heterocycles. The number of thioether (sulfide) groups is 1. The summed E-state index contributed by atoms with van der Waals surface area (Å²) in [5, 5.41) is 3.94. The molecule has 0 heterocycles. The van der Waals surface area contributed by atoms with E-state index in [4.69, 9.17) is 0 Å². The topological polar surface area (TPSA) is 12.0 Å². The highest BCUT2D eigenvalue weighted by Gasteiger charge is 2.34. The van der Waals surface area contributed by atoms with E-state index >= 15 is 0 Å². The Hall–Kier alpha value is 0.310. The summed E-state index contributed by atoms with van der Waals surface area (Å²) >= 11 is 1.97. The zero-order valence-electron chi connectivity index (χ0n) is 12.4. The third-order valence-electron chi connectivity index (χ3n) is 4.19. The second kappa shape index (κ2) is 7.04. The van der Waals surface area contributed by atoms with E-state index in [9.17, 15) is 0 Å². The minimum Gasteiger partial charge on any atom is -0.310 e. The van der Waals surface area contributed by atoms with Crippen molar-refractivity contribution in [2.45, 2.75) is 71.9 Å².